The standard InChI is InChI=1S/C13H19N3O10/c1-24-5-6(4-15-3-2-14-13(15)16(22)23)25-12-9(19)7(17)8(18)10(26-12)11(20)21/h2-3,6-10,12,17-19H,4-5H2,1H3,(H,20,21)/t6?,7-,8-,9+,10-,12+/m0/s1. The Kier molecular flexibility index (Phi) is 6.57. The molecule has 13 nitrogen and oxygen atoms in total. The number of ether oxygens (including phenoxy) is 3. The molecule has 4 N–H and O–H groups in total. The first-order valence-electron chi connectivity index (χ1n) is 7.48. The van der Waals surface area contributed by atoms with Crippen molar-refractivity contribution in [3.05, 3.63) is 22.5 Å². The summed E-state index contributed by atoms with van der Waals surface area (Å²) in [7, 11) is 1.34. The number of rotatable bonds is 8. The van der Waals surface area contributed by atoms with Crippen molar-refractivity contribution in [2.75, 3.05) is 13.7 Å². The first kappa shape index (κ1) is 20.2. The molecule has 2 heterocycles. The van der Waals surface area contributed by atoms with Crippen LogP contribution in [-0.2, 0) is 25.5 Å². The van der Waals surface area contributed by atoms with Crippen molar-refractivity contribution in [2.24, 2.45) is 0 Å². The molecule has 1 fully saturated rings. The zero-order valence-corrected chi connectivity index (χ0v) is 13.6. The number of aliphatic carboxylic acids is 1. The minimum Gasteiger partial charge on any atom is -0.479 e. The van der Waals surface area contributed by atoms with E-state index in [2.05, 4.69) is 4.98 Å². The summed E-state index contributed by atoms with van der Waals surface area (Å²) >= 11 is 0. The molecule has 26 heavy (non-hydrogen) atoms. The van der Waals surface area contributed by atoms with E-state index in [0.717, 1.165) is 0 Å². The molecule has 1 saturated heterocycles. The average Bonchev–Trinajstić information content (AvgIpc) is 3.03. The van der Waals surface area contributed by atoms with Crippen LogP contribution in [-0.4, -0.2) is 91.4 Å². The Hall–Kier alpha value is -2.16. The maximum Gasteiger partial charge on any atom is 0.434 e. The molecule has 146 valence electrons. The lowest BCUT2D eigenvalue weighted by Crippen LogP contribution is -2.61. The summed E-state index contributed by atoms with van der Waals surface area (Å²) in [4.78, 5) is 24.9. The third kappa shape index (κ3) is 4.32. The number of methoxy groups -OCH3 is 1. The number of aromatic nitrogens is 2. The lowest BCUT2D eigenvalue weighted by molar-refractivity contribution is -0.397. The quantitative estimate of drug-likeness (QED) is 0.282. The van der Waals surface area contributed by atoms with Gasteiger partial charge in [0, 0.05) is 7.11 Å². The zero-order valence-electron chi connectivity index (χ0n) is 13.6. The molecule has 2 rings (SSSR count). The SMILES string of the molecule is COCC(Cn1ccnc1[N+](=O)[O-])O[C@@H]1O[C@H](C(=O)O)[C@@H](O)[C@H](O)[C@H]1O. The van der Waals surface area contributed by atoms with Gasteiger partial charge in [-0.25, -0.2) is 9.36 Å². The van der Waals surface area contributed by atoms with Crippen LogP contribution < -0.4 is 0 Å². The molecule has 0 amide bonds. The minimum atomic E-state index is -1.85. The van der Waals surface area contributed by atoms with Crippen LogP contribution in [0, 0.1) is 10.1 Å². The van der Waals surface area contributed by atoms with E-state index in [9.17, 15) is 30.2 Å². The van der Waals surface area contributed by atoms with Gasteiger partial charge in [0.15, 0.2) is 12.4 Å². The summed E-state index contributed by atoms with van der Waals surface area (Å²) in [5.41, 5.74) is 0. The van der Waals surface area contributed by atoms with Crippen LogP contribution in [0.5, 0.6) is 0 Å². The highest BCUT2D eigenvalue weighted by Gasteiger charge is 2.48. The largest absolute Gasteiger partial charge is 0.479 e. The third-order valence-corrected chi connectivity index (χ3v) is 3.75. The van der Waals surface area contributed by atoms with Crippen molar-refractivity contribution in [3.8, 4) is 0 Å². The third-order valence-electron chi connectivity index (χ3n) is 3.75. The van der Waals surface area contributed by atoms with Crippen LogP contribution in [0.1, 0.15) is 0 Å². The summed E-state index contributed by atoms with van der Waals surface area (Å²) in [5.74, 6) is -2.00. The van der Waals surface area contributed by atoms with Gasteiger partial charge in [-0.3, -0.25) is 0 Å². The molecule has 1 aliphatic heterocycles. The monoisotopic (exact) mass is 377 g/mol. The van der Waals surface area contributed by atoms with Crippen LogP contribution >= 0.6 is 0 Å². The molecule has 0 aliphatic carbocycles. The van der Waals surface area contributed by atoms with Gasteiger partial charge in [-0.05, 0) is 4.92 Å². The van der Waals surface area contributed by atoms with Gasteiger partial charge in [0.05, 0.1) is 6.61 Å². The highest BCUT2D eigenvalue weighted by atomic mass is 16.7. The van der Waals surface area contributed by atoms with E-state index in [1.807, 2.05) is 0 Å². The average molecular weight is 377 g/mol. The molecular weight excluding hydrogens is 358 g/mol. The molecule has 0 aromatic carbocycles. The maximum absolute atomic E-state index is 11.1. The van der Waals surface area contributed by atoms with Crippen LogP contribution in [0.3, 0.4) is 0 Å². The molecule has 0 bridgehead atoms. The lowest BCUT2D eigenvalue weighted by atomic mass is 9.99. The van der Waals surface area contributed by atoms with Gasteiger partial charge in [0.25, 0.3) is 0 Å². The number of nitro groups is 1. The zero-order chi connectivity index (χ0) is 19.4. The van der Waals surface area contributed by atoms with E-state index in [1.165, 1.54) is 24.1 Å². The van der Waals surface area contributed by atoms with Crippen LogP contribution in [0.15, 0.2) is 12.4 Å². The van der Waals surface area contributed by atoms with Gasteiger partial charge < -0.3 is 44.8 Å². The topological polar surface area (TPSA) is 187 Å². The van der Waals surface area contributed by atoms with Crippen molar-refractivity contribution in [1.82, 2.24) is 9.55 Å². The summed E-state index contributed by atoms with van der Waals surface area (Å²) in [6, 6.07) is 0. The Morgan fingerprint density at radius 2 is 2.12 bits per heavy atom. The highest BCUT2D eigenvalue weighted by Crippen LogP contribution is 2.24. The molecule has 0 saturated carbocycles. The molecule has 1 aromatic heterocycles. The molecule has 1 aromatic rings. The number of hydrogen-bond acceptors (Lipinski definition) is 10. The van der Waals surface area contributed by atoms with E-state index in [4.69, 9.17) is 19.3 Å². The molecule has 13 heteroatoms. The molecule has 1 aliphatic rings. The van der Waals surface area contributed by atoms with E-state index in [0.29, 0.717) is 0 Å². The summed E-state index contributed by atoms with van der Waals surface area (Å²) in [5, 5.41) is 49.4. The molecule has 1 unspecified atom stereocenters. The first-order valence-corrected chi connectivity index (χ1v) is 7.48. The smallest absolute Gasteiger partial charge is 0.434 e. The normalized spacial score (nSPS) is 30.1. The molecule has 0 radical (unpaired) electrons. The van der Waals surface area contributed by atoms with Crippen molar-refractivity contribution in [3.63, 3.8) is 0 Å². The Bertz CT molecular complexity index is 637. The van der Waals surface area contributed by atoms with E-state index >= 15 is 0 Å². The number of carbonyl (C=O) groups is 1. The highest BCUT2D eigenvalue weighted by molar-refractivity contribution is 5.73. The number of nitrogens with zero attached hydrogens (tertiary/aromatic N) is 3. The van der Waals surface area contributed by atoms with Crippen LogP contribution in [0.2, 0.25) is 0 Å². The summed E-state index contributed by atoms with van der Waals surface area (Å²) < 4.78 is 16.6. The maximum atomic E-state index is 11.1. The fraction of sp³-hybridized carbons (Fsp3) is 0.692. The van der Waals surface area contributed by atoms with Crippen molar-refractivity contribution in [1.29, 1.82) is 0 Å². The van der Waals surface area contributed by atoms with Gasteiger partial charge in [-0.2, -0.15) is 0 Å². The van der Waals surface area contributed by atoms with Gasteiger partial charge in [-0.15, -0.1) is 0 Å². The first-order chi connectivity index (χ1) is 12.3. The van der Waals surface area contributed by atoms with Crippen molar-refractivity contribution >= 4 is 11.9 Å². The second kappa shape index (κ2) is 8.48. The van der Waals surface area contributed by atoms with Crippen molar-refractivity contribution in [2.45, 2.75) is 43.4 Å². The van der Waals surface area contributed by atoms with E-state index < -0.39 is 53.7 Å². The van der Waals surface area contributed by atoms with E-state index in [-0.39, 0.29) is 13.2 Å². The van der Waals surface area contributed by atoms with Gasteiger partial charge in [-0.1, -0.05) is 4.98 Å². The van der Waals surface area contributed by atoms with Gasteiger partial charge in [0.2, 0.25) is 0 Å². The fourth-order valence-corrected chi connectivity index (χ4v) is 2.51. The van der Waals surface area contributed by atoms with Gasteiger partial charge >= 0.3 is 11.9 Å². The predicted octanol–water partition coefficient (Wildman–Crippen LogP) is -2.28. The fourth-order valence-electron chi connectivity index (χ4n) is 2.51. The number of aliphatic hydroxyl groups is 3. The Morgan fingerprint density at radius 1 is 1.42 bits per heavy atom. The number of carboxylic acid groups (broad SMARTS) is 1. The predicted molar refractivity (Wildman–Crippen MR) is 79.9 cm³/mol. The lowest BCUT2D eigenvalue weighted by Gasteiger charge is -2.39. The molecule has 6 atom stereocenters. The Morgan fingerprint density at radius 3 is 2.69 bits per heavy atom. The minimum absolute atomic E-state index is 0.0850. The van der Waals surface area contributed by atoms with E-state index in [1.54, 1.807) is 0 Å². The number of hydrogen-bond donors (Lipinski definition) is 4. The van der Waals surface area contributed by atoms with Gasteiger partial charge in [0.1, 0.15) is 43.4 Å². The van der Waals surface area contributed by atoms with Crippen LogP contribution in [0.4, 0.5) is 5.95 Å². The summed E-state index contributed by atoms with van der Waals surface area (Å²) in [6.45, 7) is -0.203. The second-order valence-corrected chi connectivity index (χ2v) is 5.59. The summed E-state index contributed by atoms with van der Waals surface area (Å²) in [6.07, 6.45) is -7.18. The molecule has 0 spiro atoms. The number of aliphatic hydroxyl groups excluding tert-OH is 3. The van der Waals surface area contributed by atoms with Crippen LogP contribution in [0.25, 0.3) is 0 Å². The Labute approximate surface area is 146 Å². The number of carboxylic acids is 1. The molecular formula is C13H19N3O10. The number of imidazole rings is 1. The Balaban J connectivity index is 2.13. The second-order valence-electron chi connectivity index (χ2n) is 5.59. The van der Waals surface area contributed by atoms with Crippen molar-refractivity contribution < 1.29 is 44.4 Å².